The van der Waals surface area contributed by atoms with Crippen molar-refractivity contribution in [3.63, 3.8) is 0 Å². The highest BCUT2D eigenvalue weighted by Crippen LogP contribution is 2.30. The molecule has 2 heterocycles. The van der Waals surface area contributed by atoms with E-state index in [0.29, 0.717) is 58.4 Å². The predicted molar refractivity (Wildman–Crippen MR) is 123 cm³/mol. The Morgan fingerprint density at radius 3 is 2.45 bits per heavy atom. The van der Waals surface area contributed by atoms with Crippen LogP contribution in [0.3, 0.4) is 0 Å². The molecule has 1 amide bonds. The van der Waals surface area contributed by atoms with Crippen molar-refractivity contribution in [2.24, 2.45) is 0 Å². The largest absolute Gasteiger partial charge is 0.437 e. The van der Waals surface area contributed by atoms with E-state index in [2.05, 4.69) is 14.9 Å². The number of carbonyl (C=O) groups excluding carboxylic acids is 1. The van der Waals surface area contributed by atoms with Crippen molar-refractivity contribution in [1.82, 2.24) is 14.9 Å². The summed E-state index contributed by atoms with van der Waals surface area (Å²) in [6, 6.07) is 12.2. The van der Waals surface area contributed by atoms with Gasteiger partial charge in [0.1, 0.15) is 17.9 Å². The van der Waals surface area contributed by atoms with Gasteiger partial charge in [-0.05, 0) is 42.8 Å². The molecule has 3 aromatic rings. The Balaban J connectivity index is 1.42. The number of nitrogens with zero attached hydrogens (tertiary/aromatic N) is 4. The van der Waals surface area contributed by atoms with E-state index in [0.717, 1.165) is 11.4 Å². The highest BCUT2D eigenvalue weighted by Gasteiger charge is 2.24. The lowest BCUT2D eigenvalue weighted by Gasteiger charge is -2.35. The zero-order valence-corrected chi connectivity index (χ0v) is 19.0. The second-order valence-electron chi connectivity index (χ2n) is 7.15. The van der Waals surface area contributed by atoms with Crippen molar-refractivity contribution in [1.29, 1.82) is 0 Å². The summed E-state index contributed by atoms with van der Waals surface area (Å²) in [5.74, 6) is 1.57. The maximum absolute atomic E-state index is 12.8. The Bertz CT molecular complexity index is 1120. The summed E-state index contributed by atoms with van der Waals surface area (Å²) in [4.78, 5) is 25.2. The van der Waals surface area contributed by atoms with Gasteiger partial charge >= 0.3 is 0 Å². The molecule has 0 radical (unpaired) electrons. The molecule has 6 nitrogen and oxygen atoms in total. The fraction of sp³-hybridized carbons (Fsp3) is 0.227. The topological polar surface area (TPSA) is 58.6 Å². The van der Waals surface area contributed by atoms with Crippen LogP contribution in [0.2, 0.25) is 15.1 Å². The van der Waals surface area contributed by atoms with E-state index in [9.17, 15) is 4.79 Å². The number of rotatable bonds is 4. The molecule has 2 aromatic carbocycles. The van der Waals surface area contributed by atoms with Crippen molar-refractivity contribution in [3.8, 4) is 11.6 Å². The number of hydrogen-bond donors (Lipinski definition) is 0. The number of aromatic nitrogens is 2. The maximum atomic E-state index is 12.8. The van der Waals surface area contributed by atoms with Gasteiger partial charge in [-0.25, -0.2) is 9.97 Å². The first-order valence-corrected chi connectivity index (χ1v) is 10.8. The van der Waals surface area contributed by atoms with Crippen LogP contribution < -0.4 is 9.64 Å². The molecular weight excluding hydrogens is 459 g/mol. The molecule has 160 valence electrons. The highest BCUT2D eigenvalue weighted by molar-refractivity contribution is 6.36. The highest BCUT2D eigenvalue weighted by atomic mass is 35.5. The minimum Gasteiger partial charge on any atom is -0.437 e. The van der Waals surface area contributed by atoms with Crippen LogP contribution in [0.25, 0.3) is 0 Å². The monoisotopic (exact) mass is 476 g/mol. The Morgan fingerprint density at radius 2 is 1.71 bits per heavy atom. The molecule has 0 N–H and O–H groups in total. The van der Waals surface area contributed by atoms with Crippen molar-refractivity contribution < 1.29 is 9.53 Å². The molecule has 4 rings (SSSR count). The smallest absolute Gasteiger partial charge is 0.255 e. The lowest BCUT2D eigenvalue weighted by Crippen LogP contribution is -2.49. The molecule has 0 bridgehead atoms. The van der Waals surface area contributed by atoms with Crippen LogP contribution in [0.15, 0.2) is 48.8 Å². The molecular formula is C22H19Cl3N4O2. The van der Waals surface area contributed by atoms with E-state index in [1.54, 1.807) is 35.2 Å². The quantitative estimate of drug-likeness (QED) is 0.496. The first-order chi connectivity index (χ1) is 14.9. The summed E-state index contributed by atoms with van der Waals surface area (Å²) < 4.78 is 5.86. The van der Waals surface area contributed by atoms with Gasteiger partial charge in [0, 0.05) is 37.3 Å². The van der Waals surface area contributed by atoms with Crippen molar-refractivity contribution in [2.45, 2.75) is 6.92 Å². The SMILES string of the molecule is Cc1ccc(Cl)c(Oc2cc(N3CCN(C(=O)c4ccc(Cl)cc4Cl)CC3)ncn2)c1. The van der Waals surface area contributed by atoms with Crippen LogP contribution in [0, 0.1) is 6.92 Å². The molecule has 0 unspecified atom stereocenters. The second kappa shape index (κ2) is 9.30. The predicted octanol–water partition coefficient (Wildman–Crippen LogP) is 5.50. The van der Waals surface area contributed by atoms with Gasteiger partial charge < -0.3 is 14.5 Å². The molecule has 1 fully saturated rings. The molecule has 31 heavy (non-hydrogen) atoms. The van der Waals surface area contributed by atoms with E-state index < -0.39 is 0 Å². The number of aryl methyl sites for hydroxylation is 1. The standard InChI is InChI=1S/C22H19Cl3N4O2/c1-14-2-5-17(24)19(10-14)31-21-12-20(26-13-27-21)28-6-8-29(9-7-28)22(30)16-4-3-15(23)11-18(16)25/h2-5,10-13H,6-9H2,1H3. The average molecular weight is 478 g/mol. The molecule has 0 aliphatic carbocycles. The van der Waals surface area contributed by atoms with Gasteiger partial charge in [0.25, 0.3) is 5.91 Å². The molecule has 1 aromatic heterocycles. The molecule has 0 saturated carbocycles. The van der Waals surface area contributed by atoms with Gasteiger partial charge in [-0.15, -0.1) is 0 Å². The van der Waals surface area contributed by atoms with Gasteiger partial charge in [-0.1, -0.05) is 40.9 Å². The normalized spacial score (nSPS) is 13.9. The van der Waals surface area contributed by atoms with Gasteiger partial charge in [0.15, 0.2) is 0 Å². The van der Waals surface area contributed by atoms with E-state index in [1.165, 1.54) is 6.33 Å². The maximum Gasteiger partial charge on any atom is 0.255 e. The van der Waals surface area contributed by atoms with Crippen molar-refractivity contribution >= 4 is 46.5 Å². The third-order valence-corrected chi connectivity index (χ3v) is 5.84. The molecule has 1 saturated heterocycles. The zero-order valence-electron chi connectivity index (χ0n) is 16.7. The minimum absolute atomic E-state index is 0.109. The minimum atomic E-state index is -0.109. The van der Waals surface area contributed by atoms with Crippen LogP contribution in [0.1, 0.15) is 15.9 Å². The second-order valence-corrected chi connectivity index (χ2v) is 8.40. The summed E-state index contributed by atoms with van der Waals surface area (Å²) in [5, 5.41) is 1.37. The van der Waals surface area contributed by atoms with E-state index in [-0.39, 0.29) is 5.91 Å². The molecule has 9 heteroatoms. The molecule has 1 aliphatic rings. The van der Waals surface area contributed by atoms with Gasteiger partial charge in [0.05, 0.1) is 15.6 Å². The third-order valence-electron chi connectivity index (χ3n) is 4.98. The number of carbonyl (C=O) groups is 1. The summed E-state index contributed by atoms with van der Waals surface area (Å²) in [7, 11) is 0. The lowest BCUT2D eigenvalue weighted by atomic mass is 10.2. The zero-order chi connectivity index (χ0) is 22.0. The first kappa shape index (κ1) is 21.7. The summed E-state index contributed by atoms with van der Waals surface area (Å²) in [5.41, 5.74) is 1.49. The molecule has 0 spiro atoms. The van der Waals surface area contributed by atoms with Crippen LogP contribution in [0.5, 0.6) is 11.6 Å². The Morgan fingerprint density at radius 1 is 0.935 bits per heavy atom. The third kappa shape index (κ3) is 5.03. The first-order valence-electron chi connectivity index (χ1n) is 9.66. The van der Waals surface area contributed by atoms with Crippen LogP contribution in [-0.2, 0) is 0 Å². The lowest BCUT2D eigenvalue weighted by molar-refractivity contribution is 0.0746. The summed E-state index contributed by atoms with van der Waals surface area (Å²) in [6.45, 7) is 4.30. The number of amides is 1. The number of halogens is 3. The Hall–Kier alpha value is -2.54. The Labute approximate surface area is 195 Å². The van der Waals surface area contributed by atoms with Crippen LogP contribution >= 0.6 is 34.8 Å². The average Bonchev–Trinajstić information content (AvgIpc) is 2.76. The molecule has 0 atom stereocenters. The molecule has 1 aliphatic heterocycles. The Kier molecular flexibility index (Phi) is 6.51. The number of anilines is 1. The van der Waals surface area contributed by atoms with Gasteiger partial charge in [-0.3, -0.25) is 4.79 Å². The van der Waals surface area contributed by atoms with E-state index in [4.69, 9.17) is 39.5 Å². The van der Waals surface area contributed by atoms with Crippen LogP contribution in [-0.4, -0.2) is 47.0 Å². The summed E-state index contributed by atoms with van der Waals surface area (Å²) >= 11 is 18.3. The number of piperazine rings is 1. The number of ether oxygens (including phenoxy) is 1. The van der Waals surface area contributed by atoms with E-state index >= 15 is 0 Å². The van der Waals surface area contributed by atoms with Crippen molar-refractivity contribution in [2.75, 3.05) is 31.1 Å². The van der Waals surface area contributed by atoms with Gasteiger partial charge in [0.2, 0.25) is 5.88 Å². The summed E-state index contributed by atoms with van der Waals surface area (Å²) in [6.07, 6.45) is 1.46. The fourth-order valence-corrected chi connectivity index (χ4v) is 3.98. The number of benzene rings is 2. The van der Waals surface area contributed by atoms with E-state index in [1.807, 2.05) is 19.1 Å². The van der Waals surface area contributed by atoms with Gasteiger partial charge in [-0.2, -0.15) is 0 Å². The van der Waals surface area contributed by atoms with Crippen molar-refractivity contribution in [3.05, 3.63) is 75.0 Å². The van der Waals surface area contributed by atoms with Crippen LogP contribution in [0.4, 0.5) is 5.82 Å². The number of hydrogen-bond acceptors (Lipinski definition) is 5. The fourth-order valence-electron chi connectivity index (χ4n) is 3.33.